The maximum atomic E-state index is 10.8. The van der Waals surface area contributed by atoms with E-state index in [0.717, 1.165) is 18.5 Å². The van der Waals surface area contributed by atoms with E-state index in [-0.39, 0.29) is 0 Å². The zero-order valence-corrected chi connectivity index (χ0v) is 9.93. The predicted octanol–water partition coefficient (Wildman–Crippen LogP) is 1.80. The monoisotopic (exact) mass is 228 g/mol. The van der Waals surface area contributed by atoms with E-state index in [9.17, 15) is 5.11 Å². The van der Waals surface area contributed by atoms with Gasteiger partial charge in [-0.3, -0.25) is 4.68 Å². The number of aliphatic hydroxyl groups is 1. The van der Waals surface area contributed by atoms with Gasteiger partial charge in [-0.1, -0.05) is 24.3 Å². The second-order valence-electron chi connectivity index (χ2n) is 4.82. The second kappa shape index (κ2) is 3.70. The Morgan fingerprint density at radius 1 is 1.24 bits per heavy atom. The molecule has 88 valence electrons. The van der Waals surface area contributed by atoms with Crippen LogP contribution in [0.15, 0.2) is 36.5 Å². The minimum absolute atomic E-state index is 0.683. The predicted molar refractivity (Wildman–Crippen MR) is 65.6 cm³/mol. The molecule has 1 unspecified atom stereocenters. The van der Waals surface area contributed by atoms with Crippen LogP contribution in [0.2, 0.25) is 0 Å². The SMILES string of the molecule is Cn1nccc1C1(O)CCc2ccccc2C1. The standard InChI is InChI=1S/C14H16N2O/c1-16-13(7-9-15-16)14(17)8-6-11-4-2-3-5-12(11)10-14/h2-5,7,9,17H,6,8,10H2,1H3. The third kappa shape index (κ3) is 1.67. The van der Waals surface area contributed by atoms with E-state index in [2.05, 4.69) is 23.3 Å². The van der Waals surface area contributed by atoms with Crippen LogP contribution in [0.5, 0.6) is 0 Å². The summed E-state index contributed by atoms with van der Waals surface area (Å²) in [6.07, 6.45) is 4.12. The highest BCUT2D eigenvalue weighted by atomic mass is 16.3. The lowest BCUT2D eigenvalue weighted by molar-refractivity contribution is 0.0143. The Hall–Kier alpha value is -1.61. The summed E-state index contributed by atoms with van der Waals surface area (Å²) in [6, 6.07) is 10.3. The molecule has 1 aliphatic rings. The summed E-state index contributed by atoms with van der Waals surface area (Å²) >= 11 is 0. The van der Waals surface area contributed by atoms with Gasteiger partial charge >= 0.3 is 0 Å². The molecule has 0 radical (unpaired) electrons. The van der Waals surface area contributed by atoms with Crippen molar-refractivity contribution in [1.29, 1.82) is 0 Å². The summed E-state index contributed by atoms with van der Waals surface area (Å²) in [5.41, 5.74) is 2.76. The summed E-state index contributed by atoms with van der Waals surface area (Å²) in [5, 5.41) is 14.9. The Bertz CT molecular complexity index is 547. The fraction of sp³-hybridized carbons (Fsp3) is 0.357. The number of rotatable bonds is 1. The zero-order valence-electron chi connectivity index (χ0n) is 9.93. The van der Waals surface area contributed by atoms with Crippen molar-refractivity contribution in [3.05, 3.63) is 53.3 Å². The average Bonchev–Trinajstić information content (AvgIpc) is 2.76. The molecule has 0 spiro atoms. The number of hydrogen-bond donors (Lipinski definition) is 1. The van der Waals surface area contributed by atoms with Crippen molar-refractivity contribution in [3.8, 4) is 0 Å². The number of nitrogens with zero attached hydrogens (tertiary/aromatic N) is 2. The molecule has 0 saturated heterocycles. The molecule has 0 aliphatic heterocycles. The Labute approximate surface area is 101 Å². The molecule has 3 heteroatoms. The lowest BCUT2D eigenvalue weighted by Crippen LogP contribution is -2.35. The topological polar surface area (TPSA) is 38.0 Å². The maximum Gasteiger partial charge on any atom is 0.110 e. The van der Waals surface area contributed by atoms with Crippen LogP contribution in [0.25, 0.3) is 0 Å². The van der Waals surface area contributed by atoms with Crippen molar-refractivity contribution in [1.82, 2.24) is 9.78 Å². The Morgan fingerprint density at radius 3 is 2.71 bits per heavy atom. The molecule has 2 aromatic rings. The number of aryl methyl sites for hydroxylation is 2. The Morgan fingerprint density at radius 2 is 2.00 bits per heavy atom. The van der Waals surface area contributed by atoms with Crippen molar-refractivity contribution < 1.29 is 5.11 Å². The van der Waals surface area contributed by atoms with Crippen molar-refractivity contribution in [2.45, 2.75) is 24.9 Å². The smallest absolute Gasteiger partial charge is 0.110 e. The van der Waals surface area contributed by atoms with Gasteiger partial charge in [0.15, 0.2) is 0 Å². The van der Waals surface area contributed by atoms with Crippen LogP contribution in [0.3, 0.4) is 0 Å². The number of aromatic nitrogens is 2. The third-order valence-electron chi connectivity index (χ3n) is 3.71. The minimum atomic E-state index is -0.764. The van der Waals surface area contributed by atoms with Gasteiger partial charge < -0.3 is 5.11 Å². The lowest BCUT2D eigenvalue weighted by atomic mass is 9.78. The molecule has 1 heterocycles. The van der Waals surface area contributed by atoms with Gasteiger partial charge in [0.2, 0.25) is 0 Å². The summed E-state index contributed by atoms with van der Waals surface area (Å²) in [4.78, 5) is 0. The first-order valence-electron chi connectivity index (χ1n) is 5.97. The van der Waals surface area contributed by atoms with Gasteiger partial charge in [0.05, 0.1) is 5.69 Å². The van der Waals surface area contributed by atoms with Crippen molar-refractivity contribution in [3.63, 3.8) is 0 Å². The molecule has 1 N–H and O–H groups in total. The van der Waals surface area contributed by atoms with Crippen LogP contribution >= 0.6 is 0 Å². The summed E-state index contributed by atoms with van der Waals surface area (Å²) in [7, 11) is 1.88. The van der Waals surface area contributed by atoms with Gasteiger partial charge in [0.1, 0.15) is 5.60 Å². The molecule has 1 atom stereocenters. The Balaban J connectivity index is 2.01. The lowest BCUT2D eigenvalue weighted by Gasteiger charge is -2.33. The quantitative estimate of drug-likeness (QED) is 0.808. The molecule has 0 amide bonds. The summed E-state index contributed by atoms with van der Waals surface area (Å²) in [5.74, 6) is 0. The van der Waals surface area contributed by atoms with Crippen LogP contribution in [-0.2, 0) is 25.5 Å². The molecule has 3 nitrogen and oxygen atoms in total. The van der Waals surface area contributed by atoms with E-state index in [1.165, 1.54) is 11.1 Å². The van der Waals surface area contributed by atoms with E-state index < -0.39 is 5.60 Å². The van der Waals surface area contributed by atoms with E-state index in [1.54, 1.807) is 10.9 Å². The molecule has 0 bridgehead atoms. The Kier molecular flexibility index (Phi) is 2.30. The van der Waals surface area contributed by atoms with E-state index in [0.29, 0.717) is 6.42 Å². The first kappa shape index (κ1) is 10.5. The van der Waals surface area contributed by atoms with Gasteiger partial charge in [-0.2, -0.15) is 5.10 Å². The molecule has 1 aromatic carbocycles. The van der Waals surface area contributed by atoms with Crippen molar-refractivity contribution >= 4 is 0 Å². The van der Waals surface area contributed by atoms with Crippen molar-refractivity contribution in [2.24, 2.45) is 7.05 Å². The molecule has 0 fully saturated rings. The highest BCUT2D eigenvalue weighted by molar-refractivity contribution is 5.33. The fourth-order valence-corrected chi connectivity index (χ4v) is 2.77. The molecular weight excluding hydrogens is 212 g/mol. The van der Waals surface area contributed by atoms with Crippen molar-refractivity contribution in [2.75, 3.05) is 0 Å². The van der Waals surface area contributed by atoms with Crippen LogP contribution in [0.4, 0.5) is 0 Å². The molecular formula is C14H16N2O. The van der Waals surface area contributed by atoms with E-state index in [1.807, 2.05) is 19.2 Å². The zero-order chi connectivity index (χ0) is 11.9. The summed E-state index contributed by atoms with van der Waals surface area (Å²) in [6.45, 7) is 0. The maximum absolute atomic E-state index is 10.8. The molecule has 1 aliphatic carbocycles. The molecule has 3 rings (SSSR count). The molecule has 0 saturated carbocycles. The van der Waals surface area contributed by atoms with E-state index in [4.69, 9.17) is 0 Å². The van der Waals surface area contributed by atoms with E-state index >= 15 is 0 Å². The number of fused-ring (bicyclic) bond motifs is 1. The largest absolute Gasteiger partial charge is 0.383 e. The van der Waals surface area contributed by atoms with Crippen LogP contribution in [-0.4, -0.2) is 14.9 Å². The molecule has 17 heavy (non-hydrogen) atoms. The highest BCUT2D eigenvalue weighted by Gasteiger charge is 2.35. The average molecular weight is 228 g/mol. The van der Waals surface area contributed by atoms with Crippen LogP contribution in [0.1, 0.15) is 23.2 Å². The first-order valence-corrected chi connectivity index (χ1v) is 5.97. The third-order valence-corrected chi connectivity index (χ3v) is 3.71. The minimum Gasteiger partial charge on any atom is -0.383 e. The first-order chi connectivity index (χ1) is 8.19. The fourth-order valence-electron chi connectivity index (χ4n) is 2.77. The van der Waals surface area contributed by atoms with Gasteiger partial charge in [-0.05, 0) is 30.0 Å². The highest BCUT2D eigenvalue weighted by Crippen LogP contribution is 2.35. The van der Waals surface area contributed by atoms with Gasteiger partial charge in [-0.25, -0.2) is 0 Å². The molecule has 1 aromatic heterocycles. The van der Waals surface area contributed by atoms with Gasteiger partial charge in [-0.15, -0.1) is 0 Å². The summed E-state index contributed by atoms with van der Waals surface area (Å²) < 4.78 is 1.77. The number of hydrogen-bond acceptors (Lipinski definition) is 2. The second-order valence-corrected chi connectivity index (χ2v) is 4.82. The van der Waals surface area contributed by atoms with Crippen LogP contribution < -0.4 is 0 Å². The normalized spacial score (nSPS) is 23.4. The number of benzene rings is 1. The van der Waals surface area contributed by atoms with Crippen LogP contribution in [0, 0.1) is 0 Å². The van der Waals surface area contributed by atoms with Gasteiger partial charge in [0.25, 0.3) is 0 Å². The van der Waals surface area contributed by atoms with Gasteiger partial charge in [0, 0.05) is 19.7 Å².